The molecule has 0 spiro atoms. The molecule has 1 heterocycles. The summed E-state index contributed by atoms with van der Waals surface area (Å²) in [6, 6.07) is 10.2. The van der Waals surface area contributed by atoms with Gasteiger partial charge in [0.05, 0.1) is 0 Å². The van der Waals surface area contributed by atoms with Crippen molar-refractivity contribution in [1.29, 1.82) is 0 Å². The zero-order valence-corrected chi connectivity index (χ0v) is 13.6. The highest BCUT2D eigenvalue weighted by molar-refractivity contribution is 5.30. The van der Waals surface area contributed by atoms with Gasteiger partial charge in [0.1, 0.15) is 0 Å². The minimum atomic E-state index is 0.583. The Balaban J connectivity index is 1.78. The summed E-state index contributed by atoms with van der Waals surface area (Å²) in [5.41, 5.74) is 3.07. The largest absolute Gasteiger partial charge is 0.317 e. The molecule has 116 valence electrons. The van der Waals surface area contributed by atoms with Crippen molar-refractivity contribution >= 4 is 0 Å². The molecule has 21 heavy (non-hydrogen) atoms. The monoisotopic (exact) mass is 286 g/mol. The molecular formula is C19H30N2. The number of likely N-dealkylation sites (tertiary alicyclic amines) is 1. The van der Waals surface area contributed by atoms with Gasteiger partial charge in [-0.25, -0.2) is 0 Å². The van der Waals surface area contributed by atoms with Gasteiger partial charge in [0, 0.05) is 6.04 Å². The Labute approximate surface area is 129 Å². The molecule has 1 aliphatic carbocycles. The first-order chi connectivity index (χ1) is 10.3. The van der Waals surface area contributed by atoms with Crippen LogP contribution in [0.5, 0.6) is 0 Å². The maximum absolute atomic E-state index is 3.58. The van der Waals surface area contributed by atoms with E-state index in [0.717, 1.165) is 24.9 Å². The molecule has 2 atom stereocenters. The smallest absolute Gasteiger partial charge is 0.0385 e. The lowest BCUT2D eigenvalue weighted by Gasteiger charge is -2.33. The normalized spacial score (nSPS) is 27.5. The summed E-state index contributed by atoms with van der Waals surface area (Å²) in [4.78, 5) is 2.58. The quantitative estimate of drug-likeness (QED) is 0.882. The van der Waals surface area contributed by atoms with Crippen LogP contribution < -0.4 is 5.32 Å². The molecule has 3 rings (SSSR count). The van der Waals surface area contributed by atoms with Crippen LogP contribution in [0.4, 0.5) is 0 Å². The van der Waals surface area contributed by atoms with Crippen molar-refractivity contribution in [3.05, 3.63) is 35.4 Å². The Hall–Kier alpha value is -0.860. The minimum Gasteiger partial charge on any atom is -0.317 e. The van der Waals surface area contributed by atoms with Crippen molar-refractivity contribution in [3.63, 3.8) is 0 Å². The van der Waals surface area contributed by atoms with E-state index in [2.05, 4.69) is 48.5 Å². The van der Waals surface area contributed by atoms with Crippen LogP contribution in [0, 0.1) is 5.92 Å². The highest BCUT2D eigenvalue weighted by Gasteiger charge is 2.29. The van der Waals surface area contributed by atoms with Gasteiger partial charge in [-0.2, -0.15) is 0 Å². The lowest BCUT2D eigenvalue weighted by Crippen LogP contribution is -2.34. The molecule has 0 bridgehead atoms. The number of rotatable bonds is 5. The van der Waals surface area contributed by atoms with Crippen molar-refractivity contribution in [1.82, 2.24) is 10.2 Å². The van der Waals surface area contributed by atoms with E-state index in [1.807, 2.05) is 0 Å². The molecule has 1 aromatic carbocycles. The van der Waals surface area contributed by atoms with E-state index >= 15 is 0 Å². The molecule has 2 heteroatoms. The number of benzene rings is 1. The number of nitrogens with zero attached hydrogens (tertiary/aromatic N) is 1. The number of hydrogen-bond acceptors (Lipinski definition) is 2. The molecule has 2 unspecified atom stereocenters. The summed E-state index contributed by atoms with van der Waals surface area (Å²) in [6.07, 6.45) is 6.86. The second kappa shape index (κ2) is 6.93. The maximum atomic E-state index is 3.58. The van der Waals surface area contributed by atoms with E-state index in [1.165, 1.54) is 44.2 Å². The van der Waals surface area contributed by atoms with Crippen molar-refractivity contribution in [3.8, 4) is 0 Å². The molecule has 1 aliphatic heterocycles. The summed E-state index contributed by atoms with van der Waals surface area (Å²) in [7, 11) is 2.31. The maximum Gasteiger partial charge on any atom is 0.0385 e. The topological polar surface area (TPSA) is 15.3 Å². The van der Waals surface area contributed by atoms with Gasteiger partial charge >= 0.3 is 0 Å². The fourth-order valence-electron chi connectivity index (χ4n) is 3.88. The molecule has 2 aliphatic rings. The first-order valence-corrected chi connectivity index (χ1v) is 8.80. The third kappa shape index (κ3) is 3.67. The van der Waals surface area contributed by atoms with Gasteiger partial charge in [0.15, 0.2) is 0 Å². The molecule has 2 fully saturated rings. The van der Waals surface area contributed by atoms with Crippen molar-refractivity contribution in [2.75, 3.05) is 26.7 Å². The van der Waals surface area contributed by atoms with Gasteiger partial charge in [-0.15, -0.1) is 0 Å². The van der Waals surface area contributed by atoms with Crippen molar-refractivity contribution in [2.24, 2.45) is 5.92 Å². The van der Waals surface area contributed by atoms with E-state index in [4.69, 9.17) is 0 Å². The molecule has 1 saturated heterocycles. The second-order valence-electron chi connectivity index (χ2n) is 6.93. The average molecular weight is 286 g/mol. The number of nitrogens with one attached hydrogen (secondary N) is 1. The molecular weight excluding hydrogens is 256 g/mol. The summed E-state index contributed by atoms with van der Waals surface area (Å²) < 4.78 is 0. The Bertz CT molecular complexity index is 435. The molecule has 2 nitrogen and oxygen atoms in total. The van der Waals surface area contributed by atoms with Gasteiger partial charge in [-0.3, -0.25) is 4.90 Å². The third-order valence-electron chi connectivity index (χ3n) is 5.24. The molecule has 0 aromatic heterocycles. The predicted octanol–water partition coefficient (Wildman–Crippen LogP) is 3.95. The third-order valence-corrected chi connectivity index (χ3v) is 5.24. The predicted molar refractivity (Wildman–Crippen MR) is 89.7 cm³/mol. The minimum absolute atomic E-state index is 0.583. The first-order valence-electron chi connectivity index (χ1n) is 8.80. The highest BCUT2D eigenvalue weighted by atomic mass is 15.1. The van der Waals surface area contributed by atoms with Crippen molar-refractivity contribution in [2.45, 2.75) is 51.0 Å². The van der Waals surface area contributed by atoms with Crippen LogP contribution in [0.2, 0.25) is 0 Å². The number of hydrogen-bond donors (Lipinski definition) is 1. The lowest BCUT2D eigenvalue weighted by atomic mass is 9.88. The van der Waals surface area contributed by atoms with E-state index in [0.29, 0.717) is 6.04 Å². The molecule has 1 N–H and O–H groups in total. The zero-order chi connectivity index (χ0) is 14.7. The van der Waals surface area contributed by atoms with Gasteiger partial charge in [-0.1, -0.05) is 37.6 Å². The van der Waals surface area contributed by atoms with Crippen molar-refractivity contribution < 1.29 is 0 Å². The fraction of sp³-hybridized carbons (Fsp3) is 0.684. The van der Waals surface area contributed by atoms with Gasteiger partial charge in [0.25, 0.3) is 0 Å². The van der Waals surface area contributed by atoms with Crippen LogP contribution in [-0.4, -0.2) is 31.6 Å². The summed E-state index contributed by atoms with van der Waals surface area (Å²) in [6.45, 7) is 5.67. The van der Waals surface area contributed by atoms with E-state index in [-0.39, 0.29) is 0 Å². The van der Waals surface area contributed by atoms with Crippen LogP contribution in [0.3, 0.4) is 0 Å². The van der Waals surface area contributed by atoms with Gasteiger partial charge in [-0.05, 0) is 75.3 Å². The Morgan fingerprint density at radius 1 is 1.05 bits per heavy atom. The Kier molecular flexibility index (Phi) is 4.97. The zero-order valence-electron chi connectivity index (χ0n) is 13.6. The first kappa shape index (κ1) is 15.1. The lowest BCUT2D eigenvalue weighted by molar-refractivity contribution is 0.189. The summed E-state index contributed by atoms with van der Waals surface area (Å²) >= 11 is 0. The average Bonchev–Trinajstić information content (AvgIpc) is 3.33. The molecule has 0 radical (unpaired) electrons. The highest BCUT2D eigenvalue weighted by Crippen LogP contribution is 2.41. The fourth-order valence-corrected chi connectivity index (χ4v) is 3.88. The molecule has 1 aromatic rings. The van der Waals surface area contributed by atoms with Crippen LogP contribution >= 0.6 is 0 Å². The van der Waals surface area contributed by atoms with E-state index in [9.17, 15) is 0 Å². The Morgan fingerprint density at radius 2 is 1.76 bits per heavy atom. The molecule has 1 saturated carbocycles. The standard InChI is InChI=1S/C19H30N2/c1-3-20-14-18-6-4-5-13-21(2)19(18)17-11-9-16(10-12-17)15-7-8-15/h9-12,15,18-20H,3-8,13-14H2,1-2H3. The van der Waals surface area contributed by atoms with Gasteiger partial charge < -0.3 is 5.32 Å². The van der Waals surface area contributed by atoms with Crippen LogP contribution in [0.15, 0.2) is 24.3 Å². The van der Waals surface area contributed by atoms with Crippen LogP contribution in [0.25, 0.3) is 0 Å². The van der Waals surface area contributed by atoms with E-state index < -0.39 is 0 Å². The second-order valence-corrected chi connectivity index (χ2v) is 6.93. The Morgan fingerprint density at radius 3 is 2.43 bits per heavy atom. The van der Waals surface area contributed by atoms with Crippen LogP contribution in [-0.2, 0) is 0 Å². The SMILES string of the molecule is CCNCC1CCCCN(C)C1c1ccc(C2CC2)cc1. The van der Waals surface area contributed by atoms with Crippen LogP contribution in [0.1, 0.15) is 62.1 Å². The van der Waals surface area contributed by atoms with E-state index in [1.54, 1.807) is 5.56 Å². The van der Waals surface area contributed by atoms with Gasteiger partial charge in [0.2, 0.25) is 0 Å². The summed E-state index contributed by atoms with van der Waals surface area (Å²) in [5, 5.41) is 3.58. The molecule has 0 amide bonds. The summed E-state index contributed by atoms with van der Waals surface area (Å²) in [5.74, 6) is 1.60.